The van der Waals surface area contributed by atoms with Crippen molar-refractivity contribution < 1.29 is 8.42 Å². The van der Waals surface area contributed by atoms with Gasteiger partial charge in [-0.3, -0.25) is 9.98 Å². The van der Waals surface area contributed by atoms with Crippen LogP contribution in [0.5, 0.6) is 0 Å². The Kier molecular flexibility index (Phi) is 5.48. The van der Waals surface area contributed by atoms with Crippen molar-refractivity contribution in [1.82, 2.24) is 10.3 Å². The SMILES string of the molecule is C=C(N=C(C)[C@]1(C)CS(=O)(=O)C(C)(C)C(N)=N1)NC(=C)c1ccc(C#N)cn1. The molecule has 0 radical (unpaired) electrons. The first kappa shape index (κ1) is 21.3. The van der Waals surface area contributed by atoms with Crippen molar-refractivity contribution in [3.8, 4) is 6.07 Å². The van der Waals surface area contributed by atoms with Crippen LogP contribution in [0, 0.1) is 11.3 Å². The fourth-order valence-electron chi connectivity index (χ4n) is 2.56. The van der Waals surface area contributed by atoms with E-state index in [0.29, 0.717) is 22.7 Å². The molecule has 2 heterocycles. The maximum Gasteiger partial charge on any atom is 0.165 e. The molecule has 1 aromatic heterocycles. The van der Waals surface area contributed by atoms with Crippen LogP contribution in [0.25, 0.3) is 5.70 Å². The van der Waals surface area contributed by atoms with E-state index in [1.807, 2.05) is 6.07 Å². The summed E-state index contributed by atoms with van der Waals surface area (Å²) in [5.41, 5.74) is 6.72. The third-order valence-corrected chi connectivity index (χ3v) is 7.52. The molecule has 1 aliphatic heterocycles. The molecule has 9 heteroatoms. The van der Waals surface area contributed by atoms with Crippen molar-refractivity contribution in [3.63, 3.8) is 0 Å². The van der Waals surface area contributed by atoms with Gasteiger partial charge in [0.1, 0.15) is 28.0 Å². The van der Waals surface area contributed by atoms with Crippen molar-refractivity contribution in [3.05, 3.63) is 48.6 Å². The highest BCUT2D eigenvalue weighted by atomic mass is 32.2. The van der Waals surface area contributed by atoms with E-state index in [-0.39, 0.29) is 17.4 Å². The lowest BCUT2D eigenvalue weighted by atomic mass is 9.98. The van der Waals surface area contributed by atoms with Crippen LogP contribution in [0.3, 0.4) is 0 Å². The third-order valence-electron chi connectivity index (χ3n) is 4.81. The maximum atomic E-state index is 12.6. The summed E-state index contributed by atoms with van der Waals surface area (Å²) in [6.07, 6.45) is 1.44. The van der Waals surface area contributed by atoms with Gasteiger partial charge in [-0.05, 0) is 39.8 Å². The minimum absolute atomic E-state index is 0.0561. The first-order chi connectivity index (χ1) is 12.8. The minimum Gasteiger partial charge on any atom is -0.386 e. The molecule has 0 aromatic carbocycles. The van der Waals surface area contributed by atoms with Gasteiger partial charge in [0.05, 0.1) is 22.7 Å². The Morgan fingerprint density at radius 3 is 2.50 bits per heavy atom. The number of hydrogen-bond donors (Lipinski definition) is 2. The van der Waals surface area contributed by atoms with Crippen LogP contribution < -0.4 is 11.1 Å². The number of aromatic nitrogens is 1. The van der Waals surface area contributed by atoms with Crippen molar-refractivity contribution in [2.24, 2.45) is 15.7 Å². The highest BCUT2D eigenvalue weighted by Gasteiger charge is 2.49. The summed E-state index contributed by atoms with van der Waals surface area (Å²) in [7, 11) is -3.51. The fraction of sp³-hybridized carbons (Fsp3) is 0.368. The van der Waals surface area contributed by atoms with E-state index < -0.39 is 20.1 Å². The van der Waals surface area contributed by atoms with Crippen molar-refractivity contribution in [1.29, 1.82) is 5.26 Å². The molecule has 1 aliphatic rings. The van der Waals surface area contributed by atoms with E-state index in [0.717, 1.165) is 0 Å². The van der Waals surface area contributed by atoms with Gasteiger partial charge in [0.15, 0.2) is 9.84 Å². The predicted octanol–water partition coefficient (Wildman–Crippen LogP) is 1.77. The summed E-state index contributed by atoms with van der Waals surface area (Å²) in [6.45, 7) is 14.2. The summed E-state index contributed by atoms with van der Waals surface area (Å²) < 4.78 is 24.1. The molecule has 0 aliphatic carbocycles. The molecule has 8 nitrogen and oxygen atoms in total. The van der Waals surface area contributed by atoms with E-state index in [4.69, 9.17) is 11.0 Å². The van der Waals surface area contributed by atoms with Crippen LogP contribution in [-0.4, -0.2) is 41.0 Å². The molecule has 0 spiro atoms. The Morgan fingerprint density at radius 1 is 1.36 bits per heavy atom. The van der Waals surface area contributed by atoms with Gasteiger partial charge in [-0.2, -0.15) is 5.26 Å². The molecule has 0 fully saturated rings. The molecular weight excluding hydrogens is 376 g/mol. The Bertz CT molecular complexity index is 1030. The monoisotopic (exact) mass is 400 g/mol. The molecule has 1 aromatic rings. The topological polar surface area (TPSA) is 134 Å². The number of nitriles is 1. The first-order valence-electron chi connectivity index (χ1n) is 8.47. The minimum atomic E-state index is -3.51. The Morgan fingerprint density at radius 2 is 2.00 bits per heavy atom. The Hall–Kier alpha value is -2.99. The van der Waals surface area contributed by atoms with Crippen molar-refractivity contribution in [2.45, 2.75) is 38.0 Å². The van der Waals surface area contributed by atoms with E-state index in [2.05, 4.69) is 33.4 Å². The summed E-state index contributed by atoms with van der Waals surface area (Å²) in [5, 5.41) is 11.7. The molecule has 148 valence electrons. The third kappa shape index (κ3) is 3.97. The van der Waals surface area contributed by atoms with Crippen LogP contribution >= 0.6 is 0 Å². The number of rotatable bonds is 5. The molecule has 28 heavy (non-hydrogen) atoms. The lowest BCUT2D eigenvalue weighted by Crippen LogP contribution is -2.57. The number of nitrogens with zero attached hydrogens (tertiary/aromatic N) is 4. The molecule has 2 rings (SSSR count). The van der Waals surface area contributed by atoms with Crippen LogP contribution in [0.15, 0.2) is 47.3 Å². The molecule has 0 bridgehead atoms. The number of sulfone groups is 1. The molecule has 0 amide bonds. The van der Waals surface area contributed by atoms with Gasteiger partial charge in [-0.15, -0.1) is 0 Å². The fourth-order valence-corrected chi connectivity index (χ4v) is 4.29. The van der Waals surface area contributed by atoms with Crippen molar-refractivity contribution in [2.75, 3.05) is 5.75 Å². The highest BCUT2D eigenvalue weighted by Crippen LogP contribution is 2.31. The van der Waals surface area contributed by atoms with Gasteiger partial charge in [0.25, 0.3) is 0 Å². The average Bonchev–Trinajstić information content (AvgIpc) is 2.59. The molecule has 0 saturated carbocycles. The van der Waals surface area contributed by atoms with E-state index in [1.54, 1.807) is 39.8 Å². The number of aliphatic imine (C=N–C) groups is 2. The lowest BCUT2D eigenvalue weighted by Gasteiger charge is -2.37. The van der Waals surface area contributed by atoms with Crippen LogP contribution in [-0.2, 0) is 9.84 Å². The van der Waals surface area contributed by atoms with E-state index in [1.165, 1.54) is 6.20 Å². The Balaban J connectivity index is 2.22. The summed E-state index contributed by atoms with van der Waals surface area (Å²) in [4.78, 5) is 12.9. The maximum absolute atomic E-state index is 12.6. The standard InChI is InChI=1S/C19H24N6O2S/c1-12(16-8-7-15(9-20)10-22-16)23-14(3)24-13(2)19(6)11-28(26,27)18(4,5)17(21)25-19/h7-8,10,23H,1,3,11H2,2,4-6H3,(H2,21,25)/t19-/m0/s1. The Labute approximate surface area is 165 Å². The molecule has 3 N–H and O–H groups in total. The van der Waals surface area contributed by atoms with Gasteiger partial charge in [0, 0.05) is 11.9 Å². The zero-order chi connectivity index (χ0) is 21.3. The molecule has 1 atom stereocenters. The van der Waals surface area contributed by atoms with Crippen LogP contribution in [0.4, 0.5) is 0 Å². The molecule has 0 unspecified atom stereocenters. The summed E-state index contributed by atoms with van der Waals surface area (Å²) >= 11 is 0. The van der Waals surface area contributed by atoms with E-state index >= 15 is 0 Å². The van der Waals surface area contributed by atoms with Crippen molar-refractivity contribution >= 4 is 27.1 Å². The molecule has 0 saturated heterocycles. The number of hydrogen-bond acceptors (Lipinski definition) is 8. The van der Waals surface area contributed by atoms with Crippen LogP contribution in [0.2, 0.25) is 0 Å². The largest absolute Gasteiger partial charge is 0.386 e. The van der Waals surface area contributed by atoms with Gasteiger partial charge < -0.3 is 11.1 Å². The van der Waals surface area contributed by atoms with Gasteiger partial charge in [0.2, 0.25) is 0 Å². The summed E-state index contributed by atoms with van der Waals surface area (Å²) in [5.74, 6) is 0.112. The predicted molar refractivity (Wildman–Crippen MR) is 111 cm³/mol. The zero-order valence-electron chi connectivity index (χ0n) is 16.4. The number of nitrogens with one attached hydrogen (secondary N) is 1. The number of pyridine rings is 1. The van der Waals surface area contributed by atoms with Gasteiger partial charge in [-0.25, -0.2) is 13.4 Å². The first-order valence-corrected chi connectivity index (χ1v) is 10.1. The van der Waals surface area contributed by atoms with Crippen LogP contribution in [0.1, 0.15) is 39.0 Å². The quantitative estimate of drug-likeness (QED) is 0.724. The second-order valence-corrected chi connectivity index (χ2v) is 9.87. The zero-order valence-corrected chi connectivity index (χ0v) is 17.3. The molecular formula is C19H24N6O2S. The highest BCUT2D eigenvalue weighted by molar-refractivity contribution is 7.93. The smallest absolute Gasteiger partial charge is 0.165 e. The number of amidine groups is 1. The van der Waals surface area contributed by atoms with Gasteiger partial charge >= 0.3 is 0 Å². The lowest BCUT2D eigenvalue weighted by molar-refractivity contribution is 0.548. The number of nitrogens with two attached hydrogens (primary N) is 1. The second-order valence-electron chi connectivity index (χ2n) is 7.33. The normalized spacial score (nSPS) is 23.2. The average molecular weight is 401 g/mol. The van der Waals surface area contributed by atoms with E-state index in [9.17, 15) is 8.42 Å². The second kappa shape index (κ2) is 7.20. The summed E-state index contributed by atoms with van der Waals surface area (Å²) in [6, 6.07) is 5.27. The van der Waals surface area contributed by atoms with Gasteiger partial charge in [-0.1, -0.05) is 13.2 Å².